The number of alkyl halides is 3. The molecule has 0 saturated carbocycles. The van der Waals surface area contributed by atoms with Crippen LogP contribution in [0.15, 0.2) is 41.7 Å². The van der Waals surface area contributed by atoms with Crippen molar-refractivity contribution >= 4 is 12.0 Å². The highest BCUT2D eigenvalue weighted by molar-refractivity contribution is 5.95. The van der Waals surface area contributed by atoms with Gasteiger partial charge in [0.05, 0.1) is 31.0 Å². The fourth-order valence-electron chi connectivity index (χ4n) is 3.24. The fraction of sp³-hybridized carbons (Fsp3) is 0.316. The van der Waals surface area contributed by atoms with E-state index in [9.17, 15) is 22.8 Å². The lowest BCUT2D eigenvalue weighted by atomic mass is 9.91. The van der Waals surface area contributed by atoms with E-state index in [4.69, 9.17) is 4.74 Å². The van der Waals surface area contributed by atoms with E-state index in [2.05, 4.69) is 15.7 Å². The maximum absolute atomic E-state index is 12.8. The minimum Gasteiger partial charge on any atom is -0.466 e. The van der Waals surface area contributed by atoms with Gasteiger partial charge >= 0.3 is 18.2 Å². The third-order valence-corrected chi connectivity index (χ3v) is 4.55. The van der Waals surface area contributed by atoms with E-state index in [-0.39, 0.29) is 17.8 Å². The number of nitrogens with one attached hydrogen (secondary N) is 2. The van der Waals surface area contributed by atoms with Crippen molar-refractivity contribution in [2.75, 3.05) is 7.11 Å². The number of esters is 1. The molecule has 2 heterocycles. The number of urea groups is 1. The molecule has 1 aromatic heterocycles. The van der Waals surface area contributed by atoms with Gasteiger partial charge in [0, 0.05) is 6.20 Å². The van der Waals surface area contributed by atoms with Crippen molar-refractivity contribution in [2.24, 2.45) is 0 Å². The molecule has 1 aromatic carbocycles. The summed E-state index contributed by atoms with van der Waals surface area (Å²) < 4.78 is 44.3. The number of allylic oxidation sites excluding steroid dienone is 1. The highest BCUT2D eigenvalue weighted by atomic mass is 19.4. The molecule has 10 heteroatoms. The fourth-order valence-corrected chi connectivity index (χ4v) is 3.24. The van der Waals surface area contributed by atoms with Crippen LogP contribution in [0.5, 0.6) is 0 Å². The third kappa shape index (κ3) is 4.25. The Hall–Kier alpha value is -3.30. The zero-order valence-corrected chi connectivity index (χ0v) is 15.9. The molecule has 2 N–H and O–H groups in total. The van der Waals surface area contributed by atoms with E-state index in [1.165, 1.54) is 7.11 Å². The number of rotatable bonds is 4. The van der Waals surface area contributed by atoms with Crippen molar-refractivity contribution < 1.29 is 27.5 Å². The number of aryl methyl sites for hydroxylation is 2. The van der Waals surface area contributed by atoms with Crippen LogP contribution in [0.4, 0.5) is 18.0 Å². The molecule has 3 rings (SSSR count). The second kappa shape index (κ2) is 7.61. The van der Waals surface area contributed by atoms with Crippen LogP contribution >= 0.6 is 0 Å². The molecule has 0 saturated heterocycles. The SMILES string of the molecule is COC(=O)C1=C(Cn2ccc(C(F)(F)F)n2)NC(=O)NC1c1ccc(C)cc1C. The highest BCUT2D eigenvalue weighted by Gasteiger charge is 2.36. The average Bonchev–Trinajstić information content (AvgIpc) is 3.09. The van der Waals surface area contributed by atoms with Gasteiger partial charge in [0.1, 0.15) is 0 Å². The van der Waals surface area contributed by atoms with Gasteiger partial charge in [-0.3, -0.25) is 4.68 Å². The van der Waals surface area contributed by atoms with E-state index >= 15 is 0 Å². The summed E-state index contributed by atoms with van der Waals surface area (Å²) in [6.07, 6.45) is -3.46. The van der Waals surface area contributed by atoms with Crippen molar-refractivity contribution in [1.29, 1.82) is 0 Å². The number of amides is 2. The van der Waals surface area contributed by atoms with Gasteiger partial charge in [0.25, 0.3) is 0 Å². The summed E-state index contributed by atoms with van der Waals surface area (Å²) in [6, 6.07) is 4.96. The van der Waals surface area contributed by atoms with Crippen molar-refractivity contribution in [2.45, 2.75) is 32.6 Å². The van der Waals surface area contributed by atoms with Crippen molar-refractivity contribution in [3.63, 3.8) is 0 Å². The number of methoxy groups -OCH3 is 1. The van der Waals surface area contributed by atoms with Gasteiger partial charge in [0.15, 0.2) is 5.69 Å². The Morgan fingerprint density at radius 2 is 2.00 bits per heavy atom. The Bertz CT molecular complexity index is 995. The van der Waals surface area contributed by atoms with Crippen LogP contribution in [0.25, 0.3) is 0 Å². The van der Waals surface area contributed by atoms with Gasteiger partial charge in [-0.1, -0.05) is 23.8 Å². The minimum atomic E-state index is -4.59. The topological polar surface area (TPSA) is 85.2 Å². The first-order valence-electron chi connectivity index (χ1n) is 8.67. The van der Waals surface area contributed by atoms with Crippen molar-refractivity contribution in [3.05, 3.63) is 64.1 Å². The van der Waals surface area contributed by atoms with E-state index in [1.807, 2.05) is 26.0 Å². The molecule has 1 unspecified atom stereocenters. The summed E-state index contributed by atoms with van der Waals surface area (Å²) in [5, 5.41) is 8.66. The van der Waals surface area contributed by atoms with E-state index in [1.54, 1.807) is 6.07 Å². The zero-order valence-electron chi connectivity index (χ0n) is 15.9. The van der Waals surface area contributed by atoms with Gasteiger partial charge in [-0.15, -0.1) is 0 Å². The predicted molar refractivity (Wildman–Crippen MR) is 96.6 cm³/mol. The Labute approximate surface area is 164 Å². The largest absolute Gasteiger partial charge is 0.466 e. The second-order valence-corrected chi connectivity index (χ2v) is 6.67. The van der Waals surface area contributed by atoms with Crippen LogP contribution in [-0.2, 0) is 22.3 Å². The number of carbonyl (C=O) groups is 2. The summed E-state index contributed by atoms with van der Waals surface area (Å²) in [5.41, 5.74) is 1.68. The van der Waals surface area contributed by atoms with Crippen LogP contribution in [0, 0.1) is 13.8 Å². The molecule has 1 atom stereocenters. The molecule has 1 aliphatic rings. The maximum atomic E-state index is 12.8. The predicted octanol–water partition coefficient (Wildman–Crippen LogP) is 3.00. The Morgan fingerprint density at radius 1 is 1.28 bits per heavy atom. The number of benzene rings is 1. The zero-order chi connectivity index (χ0) is 21.3. The van der Waals surface area contributed by atoms with Gasteiger partial charge in [-0.05, 0) is 31.0 Å². The number of ether oxygens (including phenoxy) is 1. The summed E-state index contributed by atoms with van der Waals surface area (Å²) in [6.45, 7) is 3.51. The van der Waals surface area contributed by atoms with Crippen LogP contribution in [0.3, 0.4) is 0 Å². The first-order valence-corrected chi connectivity index (χ1v) is 8.67. The minimum absolute atomic E-state index is 0.100. The van der Waals surface area contributed by atoms with Gasteiger partial charge in [-0.2, -0.15) is 18.3 Å². The van der Waals surface area contributed by atoms with Crippen LogP contribution in [0.2, 0.25) is 0 Å². The number of hydrogen-bond donors (Lipinski definition) is 2. The molecule has 154 valence electrons. The summed E-state index contributed by atoms with van der Waals surface area (Å²) in [7, 11) is 1.19. The molecule has 2 amide bonds. The molecule has 0 aliphatic carbocycles. The van der Waals surface area contributed by atoms with Gasteiger partial charge < -0.3 is 15.4 Å². The van der Waals surface area contributed by atoms with Crippen LogP contribution in [0.1, 0.15) is 28.4 Å². The number of aromatic nitrogens is 2. The van der Waals surface area contributed by atoms with Crippen LogP contribution < -0.4 is 10.6 Å². The molecule has 0 fully saturated rings. The molecule has 1 aliphatic heterocycles. The van der Waals surface area contributed by atoms with Crippen molar-refractivity contribution in [3.8, 4) is 0 Å². The third-order valence-electron chi connectivity index (χ3n) is 4.55. The second-order valence-electron chi connectivity index (χ2n) is 6.67. The summed E-state index contributed by atoms with van der Waals surface area (Å²) >= 11 is 0. The Balaban J connectivity index is 2.06. The molecule has 29 heavy (non-hydrogen) atoms. The first-order chi connectivity index (χ1) is 13.6. The lowest BCUT2D eigenvalue weighted by Crippen LogP contribution is -2.47. The molecule has 0 spiro atoms. The molecule has 2 aromatic rings. The molecule has 7 nitrogen and oxygen atoms in total. The van der Waals surface area contributed by atoms with E-state index in [0.29, 0.717) is 5.56 Å². The Kier molecular flexibility index (Phi) is 5.36. The molecular formula is C19H19F3N4O3. The lowest BCUT2D eigenvalue weighted by molar-refractivity contribution is -0.141. The highest BCUT2D eigenvalue weighted by Crippen LogP contribution is 2.31. The van der Waals surface area contributed by atoms with E-state index in [0.717, 1.165) is 28.1 Å². The van der Waals surface area contributed by atoms with Gasteiger partial charge in [0.2, 0.25) is 0 Å². The quantitative estimate of drug-likeness (QED) is 0.762. The number of carbonyl (C=O) groups excluding carboxylic acids is 2. The number of hydrogen-bond acceptors (Lipinski definition) is 4. The van der Waals surface area contributed by atoms with Crippen LogP contribution in [-0.4, -0.2) is 28.9 Å². The number of nitrogens with zero attached hydrogens (tertiary/aromatic N) is 2. The maximum Gasteiger partial charge on any atom is 0.435 e. The monoisotopic (exact) mass is 408 g/mol. The Morgan fingerprint density at radius 3 is 2.59 bits per heavy atom. The smallest absolute Gasteiger partial charge is 0.435 e. The first kappa shape index (κ1) is 20.4. The standard InChI is InChI=1S/C19H19F3N4O3/c1-10-4-5-12(11(2)8-10)16-15(17(27)29-3)13(23-18(28)24-16)9-26-7-6-14(25-26)19(20,21)22/h4-8,16H,9H2,1-3H3,(H2,23,24,28). The van der Waals surface area contributed by atoms with E-state index < -0.39 is 29.9 Å². The number of halogens is 3. The molecular weight excluding hydrogens is 389 g/mol. The summed E-state index contributed by atoms with van der Waals surface area (Å²) in [4.78, 5) is 24.7. The normalized spacial score (nSPS) is 17.0. The average molecular weight is 408 g/mol. The summed E-state index contributed by atoms with van der Waals surface area (Å²) in [5.74, 6) is -0.708. The lowest BCUT2D eigenvalue weighted by Gasteiger charge is -2.30. The molecule has 0 bridgehead atoms. The van der Waals surface area contributed by atoms with Gasteiger partial charge in [-0.25, -0.2) is 9.59 Å². The van der Waals surface area contributed by atoms with Crippen molar-refractivity contribution in [1.82, 2.24) is 20.4 Å². The molecule has 0 radical (unpaired) electrons.